The van der Waals surface area contributed by atoms with Crippen molar-refractivity contribution in [3.8, 4) is 0 Å². The van der Waals surface area contributed by atoms with Crippen LogP contribution in [-0.2, 0) is 14.8 Å². The SMILES string of the molecule is O=C(O)C1CCN(S(=O)(=O)c2cn[nH]c2)c2ccccc21. The van der Waals surface area contributed by atoms with Crippen molar-refractivity contribution in [2.75, 3.05) is 10.8 Å². The number of aromatic nitrogens is 2. The van der Waals surface area contributed by atoms with Gasteiger partial charge in [0.25, 0.3) is 10.0 Å². The van der Waals surface area contributed by atoms with E-state index in [9.17, 15) is 18.3 Å². The molecule has 1 aliphatic rings. The van der Waals surface area contributed by atoms with Gasteiger partial charge in [0.2, 0.25) is 0 Å². The highest BCUT2D eigenvalue weighted by molar-refractivity contribution is 7.92. The third-order valence-corrected chi connectivity index (χ3v) is 5.34. The van der Waals surface area contributed by atoms with Gasteiger partial charge in [-0.3, -0.25) is 14.2 Å². The van der Waals surface area contributed by atoms with E-state index in [2.05, 4.69) is 10.2 Å². The Balaban J connectivity index is 2.10. The van der Waals surface area contributed by atoms with Crippen LogP contribution in [0.2, 0.25) is 0 Å². The minimum Gasteiger partial charge on any atom is -0.481 e. The average molecular weight is 307 g/mol. The van der Waals surface area contributed by atoms with E-state index < -0.39 is 21.9 Å². The van der Waals surface area contributed by atoms with Crippen LogP contribution in [0.5, 0.6) is 0 Å². The number of H-pyrrole nitrogens is 1. The summed E-state index contributed by atoms with van der Waals surface area (Å²) in [6, 6.07) is 6.69. The van der Waals surface area contributed by atoms with Crippen molar-refractivity contribution in [2.24, 2.45) is 0 Å². The van der Waals surface area contributed by atoms with Gasteiger partial charge in [0, 0.05) is 12.7 Å². The maximum absolute atomic E-state index is 12.6. The van der Waals surface area contributed by atoms with E-state index in [-0.39, 0.29) is 17.9 Å². The molecule has 8 heteroatoms. The third kappa shape index (κ3) is 2.17. The van der Waals surface area contributed by atoms with Gasteiger partial charge in [-0.2, -0.15) is 5.10 Å². The van der Waals surface area contributed by atoms with Gasteiger partial charge < -0.3 is 5.11 Å². The molecule has 0 amide bonds. The van der Waals surface area contributed by atoms with Gasteiger partial charge in [-0.15, -0.1) is 0 Å². The van der Waals surface area contributed by atoms with Crippen LogP contribution >= 0.6 is 0 Å². The van der Waals surface area contributed by atoms with Crippen molar-refractivity contribution in [3.05, 3.63) is 42.2 Å². The summed E-state index contributed by atoms with van der Waals surface area (Å²) in [5.41, 5.74) is 0.931. The first-order chi connectivity index (χ1) is 10.0. The summed E-state index contributed by atoms with van der Waals surface area (Å²) in [5.74, 6) is -1.63. The number of hydrogen-bond acceptors (Lipinski definition) is 4. The molecule has 2 aromatic rings. The fourth-order valence-electron chi connectivity index (χ4n) is 2.55. The Kier molecular flexibility index (Phi) is 3.17. The molecular weight excluding hydrogens is 294 g/mol. The summed E-state index contributed by atoms with van der Waals surface area (Å²) < 4.78 is 26.5. The first kappa shape index (κ1) is 13.6. The molecule has 0 spiro atoms. The Morgan fingerprint density at radius 1 is 1.38 bits per heavy atom. The van der Waals surface area contributed by atoms with Gasteiger partial charge in [0.05, 0.1) is 17.8 Å². The largest absolute Gasteiger partial charge is 0.481 e. The number of aliphatic carboxylic acids is 1. The van der Waals surface area contributed by atoms with Crippen LogP contribution in [-0.4, -0.2) is 36.2 Å². The molecule has 2 heterocycles. The number of nitrogens with one attached hydrogen (secondary N) is 1. The number of benzene rings is 1. The second-order valence-electron chi connectivity index (χ2n) is 4.75. The van der Waals surface area contributed by atoms with E-state index in [1.807, 2.05) is 0 Å². The van der Waals surface area contributed by atoms with Gasteiger partial charge in [-0.25, -0.2) is 8.42 Å². The lowest BCUT2D eigenvalue weighted by atomic mass is 9.91. The quantitative estimate of drug-likeness (QED) is 0.886. The van der Waals surface area contributed by atoms with E-state index in [0.717, 1.165) is 0 Å². The number of fused-ring (bicyclic) bond motifs is 1. The lowest BCUT2D eigenvalue weighted by Gasteiger charge is -2.32. The fraction of sp³-hybridized carbons (Fsp3) is 0.231. The molecule has 0 aliphatic carbocycles. The van der Waals surface area contributed by atoms with Crippen molar-refractivity contribution in [1.82, 2.24) is 10.2 Å². The van der Waals surface area contributed by atoms with Crippen LogP contribution in [0.15, 0.2) is 41.6 Å². The molecule has 1 atom stereocenters. The smallest absolute Gasteiger partial charge is 0.311 e. The van der Waals surface area contributed by atoms with Crippen LogP contribution < -0.4 is 4.31 Å². The van der Waals surface area contributed by atoms with Gasteiger partial charge >= 0.3 is 5.97 Å². The molecule has 2 N–H and O–H groups in total. The topological polar surface area (TPSA) is 103 Å². The number of nitrogens with zero attached hydrogens (tertiary/aromatic N) is 2. The summed E-state index contributed by atoms with van der Waals surface area (Å²) in [7, 11) is -3.73. The maximum atomic E-state index is 12.6. The summed E-state index contributed by atoms with van der Waals surface area (Å²) in [6.07, 6.45) is 2.78. The number of anilines is 1. The number of carboxylic acid groups (broad SMARTS) is 1. The average Bonchev–Trinajstić information content (AvgIpc) is 3.00. The summed E-state index contributed by atoms with van der Waals surface area (Å²) in [4.78, 5) is 11.4. The second-order valence-corrected chi connectivity index (χ2v) is 6.61. The molecule has 0 radical (unpaired) electrons. The minimum absolute atomic E-state index is 0.0612. The number of hydrogen-bond donors (Lipinski definition) is 2. The number of carboxylic acids is 1. The Hall–Kier alpha value is -2.35. The highest BCUT2D eigenvalue weighted by Crippen LogP contribution is 2.38. The van der Waals surface area contributed by atoms with E-state index in [0.29, 0.717) is 11.3 Å². The molecule has 0 bridgehead atoms. The van der Waals surface area contributed by atoms with E-state index in [1.54, 1.807) is 24.3 Å². The Labute approximate surface area is 121 Å². The zero-order valence-electron chi connectivity index (χ0n) is 10.9. The Morgan fingerprint density at radius 3 is 2.81 bits per heavy atom. The minimum atomic E-state index is -3.73. The normalized spacial score (nSPS) is 18.3. The predicted octanol–water partition coefficient (Wildman–Crippen LogP) is 1.18. The summed E-state index contributed by atoms with van der Waals surface area (Å²) in [6.45, 7) is 0.126. The Bertz CT molecular complexity index is 770. The zero-order valence-corrected chi connectivity index (χ0v) is 11.7. The van der Waals surface area contributed by atoms with Crippen molar-refractivity contribution in [3.63, 3.8) is 0 Å². The van der Waals surface area contributed by atoms with Crippen molar-refractivity contribution >= 4 is 21.7 Å². The number of para-hydroxylation sites is 1. The molecule has 0 fully saturated rings. The molecule has 3 rings (SSSR count). The highest BCUT2D eigenvalue weighted by atomic mass is 32.2. The standard InChI is InChI=1S/C13H13N3O4S/c17-13(18)11-5-6-16(12-4-2-1-3-10(11)12)21(19,20)9-7-14-15-8-9/h1-4,7-8,11H,5-6H2,(H,14,15)(H,17,18). The molecule has 1 aliphatic heterocycles. The van der Waals surface area contributed by atoms with Crippen LogP contribution in [0.3, 0.4) is 0 Å². The second kappa shape index (κ2) is 4.88. The van der Waals surface area contributed by atoms with Crippen LogP contribution in [0, 0.1) is 0 Å². The first-order valence-electron chi connectivity index (χ1n) is 6.35. The molecule has 110 valence electrons. The van der Waals surface area contributed by atoms with Crippen LogP contribution in [0.1, 0.15) is 17.9 Å². The van der Waals surface area contributed by atoms with Gasteiger partial charge in [0.1, 0.15) is 4.90 Å². The molecule has 1 aromatic carbocycles. The van der Waals surface area contributed by atoms with Crippen molar-refractivity contribution in [2.45, 2.75) is 17.2 Å². The fourth-order valence-corrected chi connectivity index (χ4v) is 3.96. The number of aromatic amines is 1. The first-order valence-corrected chi connectivity index (χ1v) is 7.79. The van der Waals surface area contributed by atoms with E-state index >= 15 is 0 Å². The van der Waals surface area contributed by atoms with Gasteiger partial charge in [-0.1, -0.05) is 18.2 Å². The third-order valence-electron chi connectivity index (χ3n) is 3.56. The number of carbonyl (C=O) groups is 1. The summed E-state index contributed by atoms with van der Waals surface area (Å²) >= 11 is 0. The van der Waals surface area contributed by atoms with Crippen LogP contribution in [0.25, 0.3) is 0 Å². The highest BCUT2D eigenvalue weighted by Gasteiger charge is 2.35. The molecule has 21 heavy (non-hydrogen) atoms. The Morgan fingerprint density at radius 2 is 2.14 bits per heavy atom. The number of rotatable bonds is 3. The molecule has 0 saturated heterocycles. The van der Waals surface area contributed by atoms with E-state index in [1.165, 1.54) is 16.7 Å². The summed E-state index contributed by atoms with van der Waals surface area (Å²) in [5, 5.41) is 15.4. The molecular formula is C13H13N3O4S. The predicted molar refractivity (Wildman–Crippen MR) is 74.6 cm³/mol. The van der Waals surface area contributed by atoms with Crippen molar-refractivity contribution < 1.29 is 18.3 Å². The van der Waals surface area contributed by atoms with Gasteiger partial charge in [0.15, 0.2) is 0 Å². The molecule has 0 saturated carbocycles. The lowest BCUT2D eigenvalue weighted by Crippen LogP contribution is -2.38. The number of sulfonamides is 1. The van der Waals surface area contributed by atoms with Crippen molar-refractivity contribution in [1.29, 1.82) is 0 Å². The van der Waals surface area contributed by atoms with E-state index in [4.69, 9.17) is 0 Å². The molecule has 1 unspecified atom stereocenters. The van der Waals surface area contributed by atoms with Gasteiger partial charge in [-0.05, 0) is 18.1 Å². The lowest BCUT2D eigenvalue weighted by molar-refractivity contribution is -0.139. The molecule has 7 nitrogen and oxygen atoms in total. The van der Waals surface area contributed by atoms with Crippen LogP contribution in [0.4, 0.5) is 5.69 Å². The molecule has 1 aromatic heterocycles. The zero-order chi connectivity index (χ0) is 15.0. The monoisotopic (exact) mass is 307 g/mol. The maximum Gasteiger partial charge on any atom is 0.311 e.